The lowest BCUT2D eigenvalue weighted by molar-refractivity contribution is 0.0773. The minimum Gasteiger partial charge on any atom is -0.341 e. The molecule has 1 saturated heterocycles. The van der Waals surface area contributed by atoms with E-state index in [1.54, 1.807) is 15.6 Å². The summed E-state index contributed by atoms with van der Waals surface area (Å²) in [7, 11) is 3.78. The summed E-state index contributed by atoms with van der Waals surface area (Å²) in [4.78, 5) is 14.7. The second-order valence-electron chi connectivity index (χ2n) is 6.59. The summed E-state index contributed by atoms with van der Waals surface area (Å²) in [6.45, 7) is 1.49. The van der Waals surface area contributed by atoms with Gasteiger partial charge >= 0.3 is 0 Å². The SMILES string of the molecule is CN(CC1CNNC1c1ccccc1)C(=O)c1cnn2ccn(C)c12. The predicted octanol–water partition coefficient (Wildman–Crippen LogP) is 1.21. The van der Waals surface area contributed by atoms with E-state index in [-0.39, 0.29) is 11.9 Å². The smallest absolute Gasteiger partial charge is 0.259 e. The maximum absolute atomic E-state index is 12.9. The van der Waals surface area contributed by atoms with E-state index in [9.17, 15) is 4.79 Å². The summed E-state index contributed by atoms with van der Waals surface area (Å²) < 4.78 is 3.64. The van der Waals surface area contributed by atoms with Crippen LogP contribution >= 0.6 is 0 Å². The normalized spacial score (nSPS) is 20.2. The van der Waals surface area contributed by atoms with Crippen molar-refractivity contribution in [2.45, 2.75) is 6.04 Å². The van der Waals surface area contributed by atoms with Crippen LogP contribution in [0.15, 0.2) is 48.9 Å². The fourth-order valence-electron chi connectivity index (χ4n) is 3.56. The van der Waals surface area contributed by atoms with Crippen LogP contribution in [-0.2, 0) is 7.05 Å². The Morgan fingerprint density at radius 1 is 1.32 bits per heavy atom. The van der Waals surface area contributed by atoms with Crippen molar-refractivity contribution in [2.24, 2.45) is 13.0 Å². The van der Waals surface area contributed by atoms with Crippen molar-refractivity contribution in [1.82, 2.24) is 29.9 Å². The molecule has 4 rings (SSSR count). The van der Waals surface area contributed by atoms with Crippen LogP contribution < -0.4 is 10.9 Å². The summed E-state index contributed by atoms with van der Waals surface area (Å²) in [6, 6.07) is 10.5. The highest BCUT2D eigenvalue weighted by Crippen LogP contribution is 2.25. The van der Waals surface area contributed by atoms with Gasteiger partial charge in [0.2, 0.25) is 0 Å². The number of aromatic nitrogens is 3. The third-order valence-electron chi connectivity index (χ3n) is 4.87. The van der Waals surface area contributed by atoms with Gasteiger partial charge in [-0.15, -0.1) is 0 Å². The van der Waals surface area contributed by atoms with Gasteiger partial charge in [0.25, 0.3) is 5.91 Å². The zero-order valence-corrected chi connectivity index (χ0v) is 14.4. The van der Waals surface area contributed by atoms with Gasteiger partial charge in [-0.1, -0.05) is 30.3 Å². The van der Waals surface area contributed by atoms with Crippen molar-refractivity contribution in [1.29, 1.82) is 0 Å². The summed E-state index contributed by atoms with van der Waals surface area (Å²) in [6.07, 6.45) is 5.39. The number of benzene rings is 1. The first kappa shape index (κ1) is 15.9. The topological polar surface area (TPSA) is 66.6 Å². The molecule has 2 atom stereocenters. The van der Waals surface area contributed by atoms with Gasteiger partial charge in [-0.2, -0.15) is 5.10 Å². The highest BCUT2D eigenvalue weighted by Gasteiger charge is 2.31. The zero-order chi connectivity index (χ0) is 17.4. The molecule has 130 valence electrons. The van der Waals surface area contributed by atoms with Crippen molar-refractivity contribution in [3.05, 3.63) is 60.0 Å². The lowest BCUT2D eigenvalue weighted by Crippen LogP contribution is -2.34. The second-order valence-corrected chi connectivity index (χ2v) is 6.59. The zero-order valence-electron chi connectivity index (χ0n) is 14.4. The summed E-state index contributed by atoms with van der Waals surface area (Å²) in [5.41, 5.74) is 9.23. The van der Waals surface area contributed by atoms with Gasteiger partial charge in [0.05, 0.1) is 12.2 Å². The van der Waals surface area contributed by atoms with Gasteiger partial charge in [0, 0.05) is 45.5 Å². The molecule has 2 unspecified atom stereocenters. The Morgan fingerprint density at radius 2 is 2.12 bits per heavy atom. The minimum absolute atomic E-state index is 0.00416. The molecule has 3 aromatic rings. The Bertz CT molecular complexity index is 884. The van der Waals surface area contributed by atoms with Crippen LogP contribution in [-0.4, -0.2) is 45.1 Å². The molecular formula is C18H22N6O. The van der Waals surface area contributed by atoms with Gasteiger partial charge < -0.3 is 9.47 Å². The standard InChI is InChI=1S/C18H22N6O/c1-22-8-9-24-17(22)15(11-20-24)18(25)23(2)12-14-10-19-21-16(14)13-6-4-3-5-7-13/h3-9,11,14,16,19,21H,10,12H2,1-2H3. The first-order chi connectivity index (χ1) is 12.1. The van der Waals surface area contributed by atoms with E-state index in [0.29, 0.717) is 18.0 Å². The fraction of sp³-hybridized carbons (Fsp3) is 0.333. The number of aryl methyl sites for hydroxylation is 1. The van der Waals surface area contributed by atoms with E-state index in [1.807, 2.05) is 49.3 Å². The number of rotatable bonds is 4. The average Bonchev–Trinajstić information content (AvgIpc) is 3.33. The van der Waals surface area contributed by atoms with Crippen LogP contribution in [0, 0.1) is 5.92 Å². The first-order valence-electron chi connectivity index (χ1n) is 8.42. The molecule has 1 amide bonds. The van der Waals surface area contributed by atoms with Crippen molar-refractivity contribution in [3.63, 3.8) is 0 Å². The van der Waals surface area contributed by atoms with Gasteiger partial charge in [-0.25, -0.2) is 9.94 Å². The van der Waals surface area contributed by atoms with Gasteiger partial charge in [0.15, 0.2) is 0 Å². The molecule has 0 spiro atoms. The molecule has 1 aromatic carbocycles. The quantitative estimate of drug-likeness (QED) is 0.750. The van der Waals surface area contributed by atoms with E-state index < -0.39 is 0 Å². The molecule has 1 fully saturated rings. The van der Waals surface area contributed by atoms with Gasteiger partial charge in [-0.3, -0.25) is 10.2 Å². The number of fused-ring (bicyclic) bond motifs is 1. The maximum atomic E-state index is 12.9. The highest BCUT2D eigenvalue weighted by molar-refractivity contribution is 5.99. The Hall–Kier alpha value is -2.64. The van der Waals surface area contributed by atoms with Crippen molar-refractivity contribution in [3.8, 4) is 0 Å². The molecule has 2 N–H and O–H groups in total. The fourth-order valence-corrected chi connectivity index (χ4v) is 3.56. The Kier molecular flexibility index (Phi) is 4.03. The van der Waals surface area contributed by atoms with Crippen LogP contribution in [0.2, 0.25) is 0 Å². The van der Waals surface area contributed by atoms with Crippen LogP contribution in [0.25, 0.3) is 5.65 Å². The summed E-state index contributed by atoms with van der Waals surface area (Å²) in [5, 5.41) is 4.26. The van der Waals surface area contributed by atoms with E-state index in [2.05, 4.69) is 28.1 Å². The molecular weight excluding hydrogens is 316 g/mol. The number of hydrazine groups is 1. The third-order valence-corrected chi connectivity index (χ3v) is 4.87. The molecule has 2 aromatic heterocycles. The molecule has 1 aliphatic heterocycles. The van der Waals surface area contributed by atoms with Crippen LogP contribution in [0.3, 0.4) is 0 Å². The molecule has 7 nitrogen and oxygen atoms in total. The van der Waals surface area contributed by atoms with Crippen molar-refractivity contribution < 1.29 is 4.79 Å². The van der Waals surface area contributed by atoms with E-state index >= 15 is 0 Å². The number of carbonyl (C=O) groups is 1. The first-order valence-corrected chi connectivity index (χ1v) is 8.42. The highest BCUT2D eigenvalue weighted by atomic mass is 16.2. The number of nitrogens with zero attached hydrogens (tertiary/aromatic N) is 4. The molecule has 1 aliphatic rings. The van der Waals surface area contributed by atoms with Crippen LogP contribution in [0.4, 0.5) is 0 Å². The molecule has 25 heavy (non-hydrogen) atoms. The summed E-state index contributed by atoms with van der Waals surface area (Å²) >= 11 is 0. The van der Waals surface area contributed by atoms with Crippen molar-refractivity contribution in [2.75, 3.05) is 20.1 Å². The predicted molar refractivity (Wildman–Crippen MR) is 94.9 cm³/mol. The molecule has 0 saturated carbocycles. The van der Waals surface area contributed by atoms with Crippen LogP contribution in [0.1, 0.15) is 22.0 Å². The Labute approximate surface area is 146 Å². The lowest BCUT2D eigenvalue weighted by atomic mass is 9.94. The lowest BCUT2D eigenvalue weighted by Gasteiger charge is -2.24. The van der Waals surface area contributed by atoms with Crippen molar-refractivity contribution >= 4 is 11.6 Å². The Balaban J connectivity index is 1.52. The average molecular weight is 338 g/mol. The number of hydrogen-bond acceptors (Lipinski definition) is 4. The Morgan fingerprint density at radius 3 is 2.92 bits per heavy atom. The third kappa shape index (κ3) is 2.81. The monoisotopic (exact) mass is 338 g/mol. The number of carbonyl (C=O) groups excluding carboxylic acids is 1. The largest absolute Gasteiger partial charge is 0.341 e. The van der Waals surface area contributed by atoms with Crippen LogP contribution in [0.5, 0.6) is 0 Å². The second kappa shape index (κ2) is 6.34. The van der Waals surface area contributed by atoms with E-state index in [0.717, 1.165) is 12.2 Å². The molecule has 0 bridgehead atoms. The summed E-state index contributed by atoms with van der Waals surface area (Å²) in [5.74, 6) is 0.298. The number of hydrogen-bond donors (Lipinski definition) is 2. The minimum atomic E-state index is -0.00416. The van der Waals surface area contributed by atoms with Gasteiger partial charge in [-0.05, 0) is 5.56 Å². The van der Waals surface area contributed by atoms with E-state index in [4.69, 9.17) is 0 Å². The number of imidazole rings is 1. The number of amides is 1. The number of nitrogens with one attached hydrogen (secondary N) is 2. The molecule has 7 heteroatoms. The molecule has 0 aliphatic carbocycles. The maximum Gasteiger partial charge on any atom is 0.259 e. The van der Waals surface area contributed by atoms with E-state index in [1.165, 1.54) is 5.56 Å². The van der Waals surface area contributed by atoms with Gasteiger partial charge in [0.1, 0.15) is 11.2 Å². The molecule has 3 heterocycles. The molecule has 0 radical (unpaired) electrons.